The third-order valence-corrected chi connectivity index (χ3v) is 3.75. The first-order valence-electron chi connectivity index (χ1n) is 7.41. The maximum atomic E-state index is 5.92. The highest BCUT2D eigenvalue weighted by molar-refractivity contribution is 5.29. The second kappa shape index (κ2) is 8.21. The van der Waals surface area contributed by atoms with Gasteiger partial charge in [0.1, 0.15) is 5.75 Å². The zero-order chi connectivity index (χ0) is 14.3. The second-order valence-corrected chi connectivity index (χ2v) is 5.37. The molecule has 1 rings (SSSR count). The summed E-state index contributed by atoms with van der Waals surface area (Å²) in [5, 5.41) is 0. The third-order valence-electron chi connectivity index (χ3n) is 3.75. The Hall–Kier alpha value is -1.02. The number of rotatable bonds is 8. The van der Waals surface area contributed by atoms with Crippen LogP contribution in [0.15, 0.2) is 24.3 Å². The van der Waals surface area contributed by atoms with Crippen LogP contribution in [0.3, 0.4) is 0 Å². The van der Waals surface area contributed by atoms with E-state index in [1.165, 1.54) is 5.56 Å². The Bertz CT molecular complexity index is 345. The number of hydrogen-bond acceptors (Lipinski definition) is 2. The van der Waals surface area contributed by atoms with Crippen LogP contribution in [0.25, 0.3) is 0 Å². The predicted molar refractivity (Wildman–Crippen MR) is 80.6 cm³/mol. The van der Waals surface area contributed by atoms with Crippen molar-refractivity contribution in [3.8, 4) is 5.75 Å². The fourth-order valence-corrected chi connectivity index (χ4v) is 2.23. The summed E-state index contributed by atoms with van der Waals surface area (Å²) >= 11 is 0. The van der Waals surface area contributed by atoms with E-state index >= 15 is 0 Å². The van der Waals surface area contributed by atoms with Crippen molar-refractivity contribution in [3.05, 3.63) is 29.8 Å². The molecule has 0 spiro atoms. The van der Waals surface area contributed by atoms with Crippen molar-refractivity contribution >= 4 is 0 Å². The van der Waals surface area contributed by atoms with Crippen molar-refractivity contribution in [2.45, 2.75) is 59.2 Å². The molecule has 0 heterocycles. The molecule has 0 aliphatic rings. The molecule has 0 amide bonds. The minimum absolute atomic E-state index is 0.158. The van der Waals surface area contributed by atoms with Crippen LogP contribution in [0, 0.1) is 5.92 Å². The summed E-state index contributed by atoms with van der Waals surface area (Å²) in [6.07, 6.45) is 3.27. The van der Waals surface area contributed by atoms with Gasteiger partial charge in [-0.1, -0.05) is 46.2 Å². The number of ether oxygens (including phenoxy) is 2. The first-order chi connectivity index (χ1) is 9.12. The van der Waals surface area contributed by atoms with Gasteiger partial charge in [0.25, 0.3) is 0 Å². The molecule has 0 aliphatic carbocycles. The largest absolute Gasteiger partial charge is 0.465 e. The van der Waals surface area contributed by atoms with Gasteiger partial charge in [-0.2, -0.15) is 0 Å². The molecule has 2 heteroatoms. The lowest BCUT2D eigenvalue weighted by molar-refractivity contribution is -0.0899. The first-order valence-corrected chi connectivity index (χ1v) is 7.41. The summed E-state index contributed by atoms with van der Waals surface area (Å²) in [5.41, 5.74) is 1.37. The molecule has 0 radical (unpaired) electrons. The van der Waals surface area contributed by atoms with Crippen molar-refractivity contribution in [3.63, 3.8) is 0 Å². The average molecular weight is 264 g/mol. The highest BCUT2D eigenvalue weighted by Gasteiger charge is 2.17. The van der Waals surface area contributed by atoms with E-state index < -0.39 is 0 Å². The molecule has 0 bridgehead atoms. The number of methoxy groups -OCH3 is 1. The lowest BCUT2D eigenvalue weighted by Gasteiger charge is -2.23. The Morgan fingerprint density at radius 1 is 1.05 bits per heavy atom. The van der Waals surface area contributed by atoms with Crippen LogP contribution in [0.2, 0.25) is 0 Å². The molecule has 0 saturated heterocycles. The number of benzene rings is 1. The molecule has 108 valence electrons. The molecule has 3 atom stereocenters. The van der Waals surface area contributed by atoms with Crippen molar-refractivity contribution in [2.24, 2.45) is 5.92 Å². The minimum Gasteiger partial charge on any atom is -0.465 e. The van der Waals surface area contributed by atoms with E-state index in [1.54, 1.807) is 7.11 Å². The molecule has 3 unspecified atom stereocenters. The van der Waals surface area contributed by atoms with Crippen LogP contribution in [0.5, 0.6) is 5.75 Å². The molecule has 0 fully saturated rings. The van der Waals surface area contributed by atoms with Gasteiger partial charge in [-0.25, -0.2) is 0 Å². The van der Waals surface area contributed by atoms with E-state index in [2.05, 4.69) is 39.8 Å². The van der Waals surface area contributed by atoms with Gasteiger partial charge in [0.15, 0.2) is 0 Å². The van der Waals surface area contributed by atoms with Crippen molar-refractivity contribution in [1.82, 2.24) is 0 Å². The van der Waals surface area contributed by atoms with Gasteiger partial charge < -0.3 is 9.47 Å². The fraction of sp³-hybridized carbons (Fsp3) is 0.647. The van der Waals surface area contributed by atoms with Crippen LogP contribution < -0.4 is 4.74 Å². The van der Waals surface area contributed by atoms with Gasteiger partial charge in [0.2, 0.25) is 6.29 Å². The Balaban J connectivity index is 2.65. The van der Waals surface area contributed by atoms with Crippen LogP contribution >= 0.6 is 0 Å². The zero-order valence-corrected chi connectivity index (χ0v) is 13.0. The quantitative estimate of drug-likeness (QED) is 0.616. The monoisotopic (exact) mass is 264 g/mol. The molecule has 1 aromatic carbocycles. The van der Waals surface area contributed by atoms with E-state index in [0.717, 1.165) is 25.0 Å². The van der Waals surface area contributed by atoms with E-state index in [0.29, 0.717) is 11.8 Å². The summed E-state index contributed by atoms with van der Waals surface area (Å²) in [4.78, 5) is 0. The van der Waals surface area contributed by atoms with E-state index in [-0.39, 0.29) is 6.29 Å². The van der Waals surface area contributed by atoms with Crippen molar-refractivity contribution < 1.29 is 9.47 Å². The SMILES string of the molecule is CCCC(C)C(OC)Oc1ccc(C(C)CC)cc1. The Kier molecular flexibility index (Phi) is 6.93. The molecular weight excluding hydrogens is 236 g/mol. The lowest BCUT2D eigenvalue weighted by Crippen LogP contribution is -2.26. The molecule has 0 aliphatic heterocycles. The van der Waals surface area contributed by atoms with Gasteiger partial charge in [0, 0.05) is 13.0 Å². The summed E-state index contributed by atoms with van der Waals surface area (Å²) < 4.78 is 11.4. The van der Waals surface area contributed by atoms with Crippen LogP contribution in [0.4, 0.5) is 0 Å². The molecular formula is C17H28O2. The van der Waals surface area contributed by atoms with Crippen LogP contribution in [-0.4, -0.2) is 13.4 Å². The van der Waals surface area contributed by atoms with Crippen LogP contribution in [0.1, 0.15) is 58.4 Å². The zero-order valence-electron chi connectivity index (χ0n) is 13.0. The molecule has 1 aromatic rings. The highest BCUT2D eigenvalue weighted by atomic mass is 16.7. The lowest BCUT2D eigenvalue weighted by atomic mass is 9.99. The normalized spacial score (nSPS) is 15.8. The summed E-state index contributed by atoms with van der Waals surface area (Å²) in [5.74, 6) is 1.90. The van der Waals surface area contributed by atoms with Crippen molar-refractivity contribution in [1.29, 1.82) is 0 Å². The van der Waals surface area contributed by atoms with Gasteiger partial charge >= 0.3 is 0 Å². The summed E-state index contributed by atoms with van der Waals surface area (Å²) in [6.45, 7) is 8.81. The smallest absolute Gasteiger partial charge is 0.202 e. The molecule has 19 heavy (non-hydrogen) atoms. The molecule has 0 saturated carbocycles. The third kappa shape index (κ3) is 4.87. The van der Waals surface area contributed by atoms with Gasteiger partial charge in [-0.05, 0) is 36.5 Å². The molecule has 0 aromatic heterocycles. The molecule has 2 nitrogen and oxygen atoms in total. The summed E-state index contributed by atoms with van der Waals surface area (Å²) in [7, 11) is 1.71. The maximum absolute atomic E-state index is 5.92. The number of hydrogen-bond donors (Lipinski definition) is 0. The first kappa shape index (κ1) is 16.0. The second-order valence-electron chi connectivity index (χ2n) is 5.37. The van der Waals surface area contributed by atoms with Crippen LogP contribution in [-0.2, 0) is 4.74 Å². The minimum atomic E-state index is -0.158. The van der Waals surface area contributed by atoms with E-state index in [4.69, 9.17) is 9.47 Å². The predicted octanol–water partition coefficient (Wildman–Crippen LogP) is 4.99. The summed E-state index contributed by atoms with van der Waals surface area (Å²) in [6, 6.07) is 8.40. The van der Waals surface area contributed by atoms with Gasteiger partial charge in [0.05, 0.1) is 0 Å². The standard InChI is InChI=1S/C17H28O2/c1-6-8-14(4)17(18-5)19-16-11-9-15(10-12-16)13(3)7-2/h9-14,17H,6-8H2,1-5H3. The Morgan fingerprint density at radius 2 is 1.68 bits per heavy atom. The van der Waals surface area contributed by atoms with Gasteiger partial charge in [-0.3, -0.25) is 0 Å². The average Bonchev–Trinajstić information content (AvgIpc) is 2.44. The van der Waals surface area contributed by atoms with Gasteiger partial charge in [-0.15, -0.1) is 0 Å². The van der Waals surface area contributed by atoms with E-state index in [9.17, 15) is 0 Å². The van der Waals surface area contributed by atoms with E-state index in [1.807, 2.05) is 12.1 Å². The topological polar surface area (TPSA) is 18.5 Å². The van der Waals surface area contributed by atoms with Crippen molar-refractivity contribution in [2.75, 3.05) is 7.11 Å². The highest BCUT2D eigenvalue weighted by Crippen LogP contribution is 2.24. The Labute approximate surface area is 118 Å². The molecule has 0 N–H and O–H groups in total. The Morgan fingerprint density at radius 3 is 2.16 bits per heavy atom. The maximum Gasteiger partial charge on any atom is 0.202 e. The fourth-order valence-electron chi connectivity index (χ4n) is 2.23.